The van der Waals surface area contributed by atoms with E-state index in [1.807, 2.05) is 37.3 Å². The van der Waals surface area contributed by atoms with Crippen molar-refractivity contribution in [3.05, 3.63) is 53.6 Å². The highest BCUT2D eigenvalue weighted by molar-refractivity contribution is 5.89. The van der Waals surface area contributed by atoms with Crippen LogP contribution in [0.25, 0.3) is 0 Å². The summed E-state index contributed by atoms with van der Waals surface area (Å²) in [5.74, 6) is 3.89. The molecule has 1 heterocycles. The van der Waals surface area contributed by atoms with Gasteiger partial charge in [0.2, 0.25) is 0 Å². The number of carbonyl (C=O) groups is 1. The number of anilines is 1. The van der Waals surface area contributed by atoms with Crippen LogP contribution < -0.4 is 9.64 Å². The summed E-state index contributed by atoms with van der Waals surface area (Å²) in [6.45, 7) is 1.91. The number of terminal acetylenes is 1. The molecule has 2 aromatic carbocycles. The van der Waals surface area contributed by atoms with Gasteiger partial charge in [-0.3, -0.25) is 4.90 Å². The number of hydrogen-bond donors (Lipinski definition) is 1. The number of benzene rings is 2. The third-order valence-corrected chi connectivity index (χ3v) is 4.07. The van der Waals surface area contributed by atoms with Gasteiger partial charge in [-0.05, 0) is 44.0 Å². The van der Waals surface area contributed by atoms with Gasteiger partial charge in [0.15, 0.2) is 0 Å². The number of ether oxygens (including phenoxy) is 1. The van der Waals surface area contributed by atoms with E-state index in [2.05, 4.69) is 5.92 Å². The van der Waals surface area contributed by atoms with Gasteiger partial charge in [-0.25, -0.2) is 4.79 Å². The van der Waals surface area contributed by atoms with E-state index < -0.39 is 6.09 Å². The van der Waals surface area contributed by atoms with Crippen LogP contribution in [0.5, 0.6) is 11.5 Å². The number of rotatable bonds is 2. The van der Waals surface area contributed by atoms with Gasteiger partial charge in [-0.15, -0.1) is 6.42 Å². The molecule has 1 atom stereocenters. The van der Waals surface area contributed by atoms with Crippen molar-refractivity contribution in [3.63, 3.8) is 0 Å². The van der Waals surface area contributed by atoms with Gasteiger partial charge in [0, 0.05) is 11.6 Å². The smallest absolute Gasteiger partial charge is 0.412 e. The minimum atomic E-state index is -0.961. The van der Waals surface area contributed by atoms with E-state index in [9.17, 15) is 9.90 Å². The van der Waals surface area contributed by atoms with Crippen molar-refractivity contribution in [2.24, 2.45) is 0 Å². The van der Waals surface area contributed by atoms with E-state index in [-0.39, 0.29) is 6.04 Å². The number of fused-ring (bicyclic) bond motifs is 1. The molecule has 0 aromatic heterocycles. The minimum Gasteiger partial charge on any atom is -0.465 e. The zero-order chi connectivity index (χ0) is 16.4. The van der Waals surface area contributed by atoms with Crippen LogP contribution in [0, 0.1) is 12.3 Å². The molecule has 4 nitrogen and oxygen atoms in total. The molecular formula is C19H17NO3. The number of para-hydroxylation sites is 1. The van der Waals surface area contributed by atoms with Crippen molar-refractivity contribution >= 4 is 11.8 Å². The Kier molecular flexibility index (Phi) is 3.94. The summed E-state index contributed by atoms with van der Waals surface area (Å²) >= 11 is 0. The molecule has 1 amide bonds. The highest BCUT2D eigenvalue weighted by Gasteiger charge is 2.31. The molecule has 1 unspecified atom stereocenters. The predicted octanol–water partition coefficient (Wildman–Crippen LogP) is 4.28. The standard InChI is InChI=1S/C19H17NO3/c1-3-14-10-12-17-16(11-9-13(2)20(17)19(21)22)18(14)23-15-7-5-4-6-8-15/h1,4-8,10,12-13H,9,11H2,2H3,(H,21,22). The molecule has 4 heteroatoms. The Bertz CT molecular complexity index is 777. The molecule has 0 aliphatic carbocycles. The Labute approximate surface area is 135 Å². The predicted molar refractivity (Wildman–Crippen MR) is 89.2 cm³/mol. The van der Waals surface area contributed by atoms with Crippen LogP contribution in [0.2, 0.25) is 0 Å². The minimum absolute atomic E-state index is 0.0683. The first kappa shape index (κ1) is 15.0. The van der Waals surface area contributed by atoms with Gasteiger partial charge in [0.25, 0.3) is 0 Å². The molecular weight excluding hydrogens is 290 g/mol. The molecule has 1 aliphatic rings. The second kappa shape index (κ2) is 6.05. The summed E-state index contributed by atoms with van der Waals surface area (Å²) in [4.78, 5) is 13.0. The second-order valence-electron chi connectivity index (χ2n) is 5.54. The largest absolute Gasteiger partial charge is 0.465 e. The quantitative estimate of drug-likeness (QED) is 0.842. The van der Waals surface area contributed by atoms with E-state index in [1.165, 1.54) is 4.90 Å². The van der Waals surface area contributed by atoms with Crippen molar-refractivity contribution < 1.29 is 14.6 Å². The molecule has 0 fully saturated rings. The Morgan fingerprint density at radius 1 is 1.30 bits per heavy atom. The van der Waals surface area contributed by atoms with Crippen LogP contribution >= 0.6 is 0 Å². The first-order valence-corrected chi connectivity index (χ1v) is 7.49. The maximum Gasteiger partial charge on any atom is 0.412 e. The lowest BCUT2D eigenvalue weighted by Gasteiger charge is -2.34. The topological polar surface area (TPSA) is 49.8 Å². The first-order valence-electron chi connectivity index (χ1n) is 7.49. The van der Waals surface area contributed by atoms with E-state index in [0.717, 1.165) is 18.4 Å². The van der Waals surface area contributed by atoms with Crippen molar-refractivity contribution in [2.75, 3.05) is 4.90 Å². The summed E-state index contributed by atoms with van der Waals surface area (Å²) in [5, 5.41) is 9.51. The molecule has 1 aliphatic heterocycles. The highest BCUT2D eigenvalue weighted by atomic mass is 16.5. The lowest BCUT2D eigenvalue weighted by Crippen LogP contribution is -2.41. The molecule has 23 heavy (non-hydrogen) atoms. The van der Waals surface area contributed by atoms with Crippen LogP contribution in [0.3, 0.4) is 0 Å². The van der Waals surface area contributed by atoms with Crippen molar-refractivity contribution in [2.45, 2.75) is 25.8 Å². The van der Waals surface area contributed by atoms with Gasteiger partial charge in [-0.2, -0.15) is 0 Å². The lowest BCUT2D eigenvalue weighted by atomic mass is 9.94. The molecule has 0 bridgehead atoms. The monoisotopic (exact) mass is 307 g/mol. The van der Waals surface area contributed by atoms with Crippen molar-refractivity contribution in [3.8, 4) is 23.8 Å². The van der Waals surface area contributed by atoms with Gasteiger partial charge in [0.1, 0.15) is 11.5 Å². The molecule has 3 rings (SSSR count). The molecule has 1 N–H and O–H groups in total. The summed E-state index contributed by atoms with van der Waals surface area (Å²) in [5.41, 5.74) is 2.14. The average Bonchev–Trinajstić information content (AvgIpc) is 2.55. The summed E-state index contributed by atoms with van der Waals surface area (Å²) < 4.78 is 6.00. The van der Waals surface area contributed by atoms with Crippen molar-refractivity contribution in [1.29, 1.82) is 0 Å². The second-order valence-corrected chi connectivity index (χ2v) is 5.54. The maximum absolute atomic E-state index is 11.6. The average molecular weight is 307 g/mol. The molecule has 0 saturated carbocycles. The normalized spacial score (nSPS) is 16.3. The Morgan fingerprint density at radius 2 is 2.04 bits per heavy atom. The molecule has 2 aromatic rings. The molecule has 116 valence electrons. The zero-order valence-corrected chi connectivity index (χ0v) is 12.8. The third-order valence-electron chi connectivity index (χ3n) is 4.07. The Hall–Kier alpha value is -2.93. The molecule has 0 saturated heterocycles. The van der Waals surface area contributed by atoms with Gasteiger partial charge in [0.05, 0.1) is 11.3 Å². The number of nitrogens with zero attached hydrogens (tertiary/aromatic N) is 1. The van der Waals surface area contributed by atoms with Gasteiger partial charge in [-0.1, -0.05) is 24.1 Å². The van der Waals surface area contributed by atoms with Crippen LogP contribution in [0.15, 0.2) is 42.5 Å². The van der Waals surface area contributed by atoms with Crippen LogP contribution in [0.4, 0.5) is 10.5 Å². The SMILES string of the molecule is C#Cc1ccc2c(c1Oc1ccccc1)CCC(C)N2C(=O)O. The summed E-state index contributed by atoms with van der Waals surface area (Å²) in [7, 11) is 0. The molecule has 0 radical (unpaired) electrons. The highest BCUT2D eigenvalue weighted by Crippen LogP contribution is 2.40. The first-order chi connectivity index (χ1) is 11.1. The summed E-state index contributed by atoms with van der Waals surface area (Å²) in [6, 6.07) is 12.8. The fourth-order valence-corrected chi connectivity index (χ4v) is 2.93. The number of amides is 1. The number of hydrogen-bond acceptors (Lipinski definition) is 2. The number of carboxylic acid groups (broad SMARTS) is 1. The fraction of sp³-hybridized carbons (Fsp3) is 0.211. The van der Waals surface area contributed by atoms with E-state index in [1.54, 1.807) is 12.1 Å². The zero-order valence-electron chi connectivity index (χ0n) is 12.8. The van der Waals surface area contributed by atoms with Crippen LogP contribution in [-0.2, 0) is 6.42 Å². The van der Waals surface area contributed by atoms with E-state index in [4.69, 9.17) is 11.2 Å². The van der Waals surface area contributed by atoms with Gasteiger partial charge < -0.3 is 9.84 Å². The van der Waals surface area contributed by atoms with E-state index in [0.29, 0.717) is 22.7 Å². The van der Waals surface area contributed by atoms with Crippen LogP contribution in [-0.4, -0.2) is 17.2 Å². The summed E-state index contributed by atoms with van der Waals surface area (Å²) in [6.07, 6.45) is 6.11. The Balaban J connectivity index is 2.12. The third kappa shape index (κ3) is 2.74. The Morgan fingerprint density at radius 3 is 2.70 bits per heavy atom. The fourth-order valence-electron chi connectivity index (χ4n) is 2.93. The van der Waals surface area contributed by atoms with Crippen LogP contribution in [0.1, 0.15) is 24.5 Å². The van der Waals surface area contributed by atoms with E-state index >= 15 is 0 Å². The maximum atomic E-state index is 11.6. The lowest BCUT2D eigenvalue weighted by molar-refractivity contribution is 0.198. The molecule has 0 spiro atoms. The van der Waals surface area contributed by atoms with Gasteiger partial charge >= 0.3 is 6.09 Å². The van der Waals surface area contributed by atoms with Crippen molar-refractivity contribution in [1.82, 2.24) is 0 Å².